The normalized spacial score (nSPS) is 14.5. The average Bonchev–Trinajstić information content (AvgIpc) is 2.81. The maximum Gasteiger partial charge on any atom is 0.177 e. The van der Waals surface area contributed by atoms with Gasteiger partial charge in [0, 0.05) is 23.6 Å². The van der Waals surface area contributed by atoms with Crippen molar-refractivity contribution in [1.82, 2.24) is 0 Å². The first kappa shape index (κ1) is 22.0. The zero-order valence-electron chi connectivity index (χ0n) is 17.3. The Balaban J connectivity index is 2.30. The molecule has 0 bridgehead atoms. The minimum absolute atomic E-state index is 0.202. The molecule has 0 aromatic heterocycles. The lowest BCUT2D eigenvalue weighted by Gasteiger charge is -2.31. The van der Waals surface area contributed by atoms with Crippen LogP contribution >= 0.6 is 7.14 Å². The molecule has 0 amide bonds. The third-order valence-corrected chi connectivity index (χ3v) is 8.82. The molecule has 3 atom stereocenters. The van der Waals surface area contributed by atoms with Gasteiger partial charge in [-0.15, -0.1) is 6.58 Å². The van der Waals surface area contributed by atoms with Crippen molar-refractivity contribution >= 4 is 23.5 Å². The molecule has 0 saturated heterocycles. The summed E-state index contributed by atoms with van der Waals surface area (Å²) in [6, 6.07) is 27.9. The number of rotatable bonds is 9. The lowest BCUT2D eigenvalue weighted by Crippen LogP contribution is -2.36. The molecule has 0 aliphatic rings. The van der Waals surface area contributed by atoms with E-state index in [2.05, 4.69) is 6.58 Å². The zero-order valence-corrected chi connectivity index (χ0v) is 18.2. The Morgan fingerprint density at radius 3 is 1.70 bits per heavy atom. The standard InChI is InChI=1S/C26H27O3P/c1-4-20(2)25(29-3)24(27)26(21-14-8-5-9-15-21)30(28,22-16-10-6-11-17-22)23-18-12-7-13-19-23/h4-20,25-26H,1H2,2-3H3. The van der Waals surface area contributed by atoms with Crippen molar-refractivity contribution in [1.29, 1.82) is 0 Å². The SMILES string of the molecule is C=CC(C)C(OC)C(=O)C(c1ccccc1)P(=O)(c1ccccc1)c1ccccc1. The highest BCUT2D eigenvalue weighted by Gasteiger charge is 2.45. The molecule has 0 fully saturated rings. The van der Waals surface area contributed by atoms with Crippen LogP contribution in [0, 0.1) is 5.92 Å². The van der Waals surface area contributed by atoms with Crippen molar-refractivity contribution in [3.8, 4) is 0 Å². The van der Waals surface area contributed by atoms with E-state index in [1.807, 2.05) is 97.9 Å². The first-order valence-corrected chi connectivity index (χ1v) is 11.8. The van der Waals surface area contributed by atoms with E-state index in [9.17, 15) is 9.36 Å². The summed E-state index contributed by atoms with van der Waals surface area (Å²) in [5.74, 6) is -0.416. The summed E-state index contributed by atoms with van der Waals surface area (Å²) in [5.41, 5.74) is -0.146. The highest BCUT2D eigenvalue weighted by molar-refractivity contribution is 7.79. The fourth-order valence-electron chi connectivity index (χ4n) is 3.80. The number of hydrogen-bond acceptors (Lipinski definition) is 3. The largest absolute Gasteiger partial charge is 0.373 e. The first-order chi connectivity index (χ1) is 14.5. The average molecular weight is 418 g/mol. The number of hydrogen-bond donors (Lipinski definition) is 0. The number of carbonyl (C=O) groups excluding carboxylic acids is 1. The molecule has 4 heteroatoms. The Kier molecular flexibility index (Phi) is 7.20. The molecule has 3 rings (SSSR count). The molecule has 0 saturated carbocycles. The summed E-state index contributed by atoms with van der Waals surface area (Å²) in [7, 11) is -1.88. The van der Waals surface area contributed by atoms with Crippen LogP contribution in [-0.2, 0) is 14.1 Å². The quantitative estimate of drug-likeness (QED) is 0.357. The number of ether oxygens (including phenoxy) is 1. The Hall–Kier alpha value is -2.74. The molecule has 0 aliphatic heterocycles. The van der Waals surface area contributed by atoms with Crippen molar-refractivity contribution < 1.29 is 14.1 Å². The van der Waals surface area contributed by atoms with Crippen LogP contribution in [0.25, 0.3) is 0 Å². The first-order valence-electron chi connectivity index (χ1n) is 9.99. The van der Waals surface area contributed by atoms with Crippen molar-refractivity contribution in [2.45, 2.75) is 18.7 Å². The lowest BCUT2D eigenvalue weighted by molar-refractivity contribution is -0.130. The second kappa shape index (κ2) is 9.84. The van der Waals surface area contributed by atoms with Gasteiger partial charge in [0.15, 0.2) is 12.9 Å². The van der Waals surface area contributed by atoms with Gasteiger partial charge in [-0.2, -0.15) is 0 Å². The fourth-order valence-corrected chi connectivity index (χ4v) is 7.03. The van der Waals surface area contributed by atoms with Crippen molar-refractivity contribution in [3.63, 3.8) is 0 Å². The number of Topliss-reactive ketones (excluding diaryl/α,β-unsaturated/α-hetero) is 1. The minimum atomic E-state index is -3.39. The van der Waals surface area contributed by atoms with E-state index in [0.717, 1.165) is 5.56 Å². The molecule has 154 valence electrons. The van der Waals surface area contributed by atoms with Gasteiger partial charge in [0.25, 0.3) is 0 Å². The predicted molar refractivity (Wildman–Crippen MR) is 124 cm³/mol. The maximum absolute atomic E-state index is 15.0. The summed E-state index contributed by atoms with van der Waals surface area (Å²) >= 11 is 0. The van der Waals surface area contributed by atoms with Crippen molar-refractivity contribution in [3.05, 3.63) is 109 Å². The molecular weight excluding hydrogens is 391 g/mol. The van der Waals surface area contributed by atoms with Crippen molar-refractivity contribution in [2.75, 3.05) is 7.11 Å². The van der Waals surface area contributed by atoms with E-state index in [-0.39, 0.29) is 11.7 Å². The Bertz CT molecular complexity index is 972. The van der Waals surface area contributed by atoms with Crippen LogP contribution in [0.5, 0.6) is 0 Å². The summed E-state index contributed by atoms with van der Waals surface area (Å²) in [5, 5.41) is 1.30. The Morgan fingerprint density at radius 1 is 0.867 bits per heavy atom. The fraction of sp³-hybridized carbons (Fsp3) is 0.192. The van der Waals surface area contributed by atoms with Gasteiger partial charge in [-0.1, -0.05) is 104 Å². The van der Waals surface area contributed by atoms with E-state index in [4.69, 9.17) is 4.74 Å². The highest BCUT2D eigenvalue weighted by atomic mass is 31.2. The number of ketones is 1. The van der Waals surface area contributed by atoms with Crippen molar-refractivity contribution in [2.24, 2.45) is 5.92 Å². The molecule has 3 unspecified atom stereocenters. The zero-order chi connectivity index (χ0) is 21.6. The molecule has 0 radical (unpaired) electrons. The third-order valence-electron chi connectivity index (χ3n) is 5.41. The van der Waals surface area contributed by atoms with Gasteiger partial charge in [0.05, 0.1) is 0 Å². The molecule has 30 heavy (non-hydrogen) atoms. The van der Waals surface area contributed by atoms with Crippen LogP contribution in [0.1, 0.15) is 18.1 Å². The van der Waals surface area contributed by atoms with Crippen LogP contribution < -0.4 is 10.6 Å². The summed E-state index contributed by atoms with van der Waals surface area (Å²) in [6.07, 6.45) is 0.956. The lowest BCUT2D eigenvalue weighted by atomic mass is 9.96. The second-order valence-electron chi connectivity index (χ2n) is 7.30. The summed E-state index contributed by atoms with van der Waals surface area (Å²) in [6.45, 7) is 5.71. The molecule has 3 aromatic rings. The predicted octanol–water partition coefficient (Wildman–Crippen LogP) is 5.15. The van der Waals surface area contributed by atoms with Gasteiger partial charge >= 0.3 is 0 Å². The molecule has 0 spiro atoms. The van der Waals surface area contributed by atoms with Crippen LogP contribution in [0.2, 0.25) is 0 Å². The molecule has 3 aromatic carbocycles. The number of methoxy groups -OCH3 is 1. The molecular formula is C26H27O3P. The van der Waals surface area contributed by atoms with Crippen LogP contribution in [0.15, 0.2) is 104 Å². The van der Waals surface area contributed by atoms with E-state index in [0.29, 0.717) is 10.6 Å². The molecule has 0 aliphatic carbocycles. The number of benzene rings is 3. The minimum Gasteiger partial charge on any atom is -0.373 e. The van der Waals surface area contributed by atoms with Gasteiger partial charge < -0.3 is 9.30 Å². The van der Waals surface area contributed by atoms with Crippen LogP contribution in [-0.4, -0.2) is 19.0 Å². The Labute approximate surface area is 178 Å². The smallest absolute Gasteiger partial charge is 0.177 e. The Morgan fingerprint density at radius 2 is 1.30 bits per heavy atom. The van der Waals surface area contributed by atoms with Gasteiger partial charge in [0.2, 0.25) is 0 Å². The maximum atomic E-state index is 15.0. The van der Waals surface area contributed by atoms with E-state index < -0.39 is 18.9 Å². The van der Waals surface area contributed by atoms with E-state index in [1.54, 1.807) is 6.08 Å². The monoisotopic (exact) mass is 418 g/mol. The highest BCUT2D eigenvalue weighted by Crippen LogP contribution is 2.58. The van der Waals surface area contributed by atoms with Gasteiger partial charge in [0.1, 0.15) is 11.8 Å². The van der Waals surface area contributed by atoms with Crippen LogP contribution in [0.3, 0.4) is 0 Å². The van der Waals surface area contributed by atoms with Gasteiger partial charge in [-0.05, 0) is 5.56 Å². The number of carbonyl (C=O) groups is 1. The third kappa shape index (κ3) is 4.23. The topological polar surface area (TPSA) is 43.4 Å². The van der Waals surface area contributed by atoms with Gasteiger partial charge in [-0.25, -0.2) is 0 Å². The molecule has 3 nitrogen and oxygen atoms in total. The molecule has 0 heterocycles. The van der Waals surface area contributed by atoms with E-state index >= 15 is 0 Å². The van der Waals surface area contributed by atoms with E-state index in [1.165, 1.54) is 7.11 Å². The summed E-state index contributed by atoms with van der Waals surface area (Å²) in [4.78, 5) is 13.9. The second-order valence-corrected chi connectivity index (χ2v) is 10.2. The summed E-state index contributed by atoms with van der Waals surface area (Å²) < 4.78 is 20.6. The van der Waals surface area contributed by atoms with Gasteiger partial charge in [-0.3, -0.25) is 4.79 Å². The van der Waals surface area contributed by atoms with Crippen LogP contribution in [0.4, 0.5) is 0 Å². The molecule has 0 N–H and O–H groups in total.